The van der Waals surface area contributed by atoms with Gasteiger partial charge in [0.1, 0.15) is 0 Å². The van der Waals surface area contributed by atoms with E-state index in [1.54, 1.807) is 6.92 Å². The maximum atomic E-state index is 11.6. The molecule has 0 spiro atoms. The third-order valence-corrected chi connectivity index (χ3v) is 2.66. The average molecular weight is 260 g/mol. The summed E-state index contributed by atoms with van der Waals surface area (Å²) in [7, 11) is 0. The fourth-order valence-corrected chi connectivity index (χ4v) is 1.13. The number of nitrogens with two attached hydrogens (primary N) is 1. The molecule has 4 heteroatoms. The van der Waals surface area contributed by atoms with E-state index in [0.29, 0.717) is 22.6 Å². The van der Waals surface area contributed by atoms with Gasteiger partial charge in [-0.05, 0) is 30.6 Å². The number of rotatable bonds is 5. The van der Waals surface area contributed by atoms with Crippen LogP contribution >= 0.6 is 23.2 Å². The summed E-state index contributed by atoms with van der Waals surface area (Å²) in [6.07, 6.45) is 1.93. The second kappa shape index (κ2) is 6.56. The monoisotopic (exact) mass is 259 g/mol. The Kier molecular flexibility index (Phi) is 6.16. The number of Topliss-reactive ketones (excluding diaryl/α,β-unsaturated/α-hetero) is 1. The van der Waals surface area contributed by atoms with Crippen LogP contribution in [0.1, 0.15) is 20.3 Å². The molecule has 0 fully saturated rings. The van der Waals surface area contributed by atoms with E-state index in [1.165, 1.54) is 6.08 Å². The summed E-state index contributed by atoms with van der Waals surface area (Å²) >= 11 is 11.7. The largest absolute Gasteiger partial charge is 0.394 e. The average Bonchev–Trinajstić information content (AvgIpc) is 2.25. The molecule has 0 heterocycles. The molecular formula is C12H15Cl2NO. The third-order valence-electron chi connectivity index (χ3n) is 1.91. The molecule has 0 unspecified atom stereocenters. The first-order valence-electron chi connectivity index (χ1n) is 4.72. The van der Waals surface area contributed by atoms with Gasteiger partial charge in [0, 0.05) is 5.03 Å². The number of halogens is 2. The molecule has 0 aliphatic heterocycles. The van der Waals surface area contributed by atoms with E-state index in [2.05, 4.69) is 13.2 Å². The summed E-state index contributed by atoms with van der Waals surface area (Å²) in [4.78, 5) is 11.6. The number of carbonyl (C=O) groups is 1. The lowest BCUT2D eigenvalue weighted by Crippen LogP contribution is -2.14. The molecule has 0 aromatic carbocycles. The smallest absolute Gasteiger partial charge is 0.205 e. The SMILES string of the molecule is C=C(CC)C(=O)/C(N)=C(Cl)/C=C(/Cl)C(=C)C. The Morgan fingerprint density at radius 2 is 1.88 bits per heavy atom. The van der Waals surface area contributed by atoms with E-state index in [9.17, 15) is 4.79 Å². The number of ketones is 1. The first-order chi connectivity index (χ1) is 7.31. The van der Waals surface area contributed by atoms with Crippen molar-refractivity contribution in [2.75, 3.05) is 0 Å². The van der Waals surface area contributed by atoms with Gasteiger partial charge in [-0.3, -0.25) is 4.79 Å². The van der Waals surface area contributed by atoms with Crippen LogP contribution in [0, 0.1) is 0 Å². The lowest BCUT2D eigenvalue weighted by molar-refractivity contribution is -0.112. The molecule has 0 aliphatic rings. The van der Waals surface area contributed by atoms with Gasteiger partial charge >= 0.3 is 0 Å². The summed E-state index contributed by atoms with van der Waals surface area (Å²) in [6, 6.07) is 0. The van der Waals surface area contributed by atoms with Crippen LogP contribution in [0.25, 0.3) is 0 Å². The number of allylic oxidation sites excluding steroid dienone is 5. The molecule has 16 heavy (non-hydrogen) atoms. The maximum absolute atomic E-state index is 11.6. The zero-order chi connectivity index (χ0) is 12.9. The van der Waals surface area contributed by atoms with Crippen molar-refractivity contribution in [2.24, 2.45) is 5.73 Å². The summed E-state index contributed by atoms with van der Waals surface area (Å²) in [6.45, 7) is 10.8. The highest BCUT2D eigenvalue weighted by Crippen LogP contribution is 2.19. The van der Waals surface area contributed by atoms with E-state index >= 15 is 0 Å². The molecule has 0 atom stereocenters. The van der Waals surface area contributed by atoms with Crippen molar-refractivity contribution < 1.29 is 4.79 Å². The normalized spacial score (nSPS) is 13.1. The van der Waals surface area contributed by atoms with Crippen LogP contribution in [0.2, 0.25) is 0 Å². The van der Waals surface area contributed by atoms with Gasteiger partial charge in [-0.2, -0.15) is 0 Å². The Balaban J connectivity index is 5.13. The predicted molar refractivity (Wildman–Crippen MR) is 70.3 cm³/mol. The second-order valence-electron chi connectivity index (χ2n) is 3.32. The van der Waals surface area contributed by atoms with Gasteiger partial charge < -0.3 is 5.73 Å². The van der Waals surface area contributed by atoms with Crippen molar-refractivity contribution in [3.05, 3.63) is 46.1 Å². The number of hydrogen-bond acceptors (Lipinski definition) is 2. The molecule has 88 valence electrons. The first kappa shape index (κ1) is 15.0. The van der Waals surface area contributed by atoms with Crippen molar-refractivity contribution in [1.29, 1.82) is 0 Å². The van der Waals surface area contributed by atoms with Crippen LogP contribution in [0.15, 0.2) is 46.1 Å². The lowest BCUT2D eigenvalue weighted by Gasteiger charge is -2.04. The molecule has 0 saturated heterocycles. The van der Waals surface area contributed by atoms with E-state index in [0.717, 1.165) is 0 Å². The molecule has 0 aliphatic carbocycles. The molecule has 0 saturated carbocycles. The Labute approximate surface area is 106 Å². The van der Waals surface area contributed by atoms with E-state index < -0.39 is 0 Å². The van der Waals surface area contributed by atoms with Crippen LogP contribution in [-0.2, 0) is 4.79 Å². The van der Waals surface area contributed by atoms with Crippen LogP contribution in [-0.4, -0.2) is 5.78 Å². The minimum Gasteiger partial charge on any atom is -0.394 e. The van der Waals surface area contributed by atoms with Crippen molar-refractivity contribution in [1.82, 2.24) is 0 Å². The fourth-order valence-electron chi connectivity index (χ4n) is 0.772. The van der Waals surface area contributed by atoms with Crippen molar-refractivity contribution in [3.8, 4) is 0 Å². The van der Waals surface area contributed by atoms with E-state index in [-0.39, 0.29) is 16.5 Å². The van der Waals surface area contributed by atoms with Crippen LogP contribution in [0.5, 0.6) is 0 Å². The van der Waals surface area contributed by atoms with Gasteiger partial charge in [0.25, 0.3) is 0 Å². The maximum Gasteiger partial charge on any atom is 0.205 e. The molecule has 2 nitrogen and oxygen atoms in total. The highest BCUT2D eigenvalue weighted by molar-refractivity contribution is 6.37. The molecule has 0 amide bonds. The Hall–Kier alpha value is -0.990. The number of hydrogen-bond donors (Lipinski definition) is 1. The summed E-state index contributed by atoms with van der Waals surface area (Å²) < 4.78 is 0. The second-order valence-corrected chi connectivity index (χ2v) is 4.13. The highest BCUT2D eigenvalue weighted by atomic mass is 35.5. The topological polar surface area (TPSA) is 43.1 Å². The number of carbonyl (C=O) groups excluding carboxylic acids is 1. The fraction of sp³-hybridized carbons (Fsp3) is 0.250. The summed E-state index contributed by atoms with van der Waals surface area (Å²) in [5.41, 5.74) is 6.60. The molecule has 0 bridgehead atoms. The van der Waals surface area contributed by atoms with Gasteiger partial charge in [0.05, 0.1) is 10.7 Å². The quantitative estimate of drug-likeness (QED) is 0.605. The van der Waals surface area contributed by atoms with Crippen molar-refractivity contribution in [3.63, 3.8) is 0 Å². The molecule has 0 aromatic heterocycles. The van der Waals surface area contributed by atoms with Crippen molar-refractivity contribution in [2.45, 2.75) is 20.3 Å². The molecule has 0 rings (SSSR count). The van der Waals surface area contributed by atoms with Crippen molar-refractivity contribution >= 4 is 29.0 Å². The first-order valence-corrected chi connectivity index (χ1v) is 5.47. The van der Waals surface area contributed by atoms with Gasteiger partial charge in [-0.25, -0.2) is 0 Å². The predicted octanol–water partition coefficient (Wildman–Crippen LogP) is 3.63. The molecule has 0 aromatic rings. The Morgan fingerprint density at radius 1 is 1.38 bits per heavy atom. The van der Waals surface area contributed by atoms with E-state index in [1.807, 2.05) is 6.92 Å². The minimum absolute atomic E-state index is 0.0482. The van der Waals surface area contributed by atoms with Gasteiger partial charge in [0.2, 0.25) is 5.78 Å². The minimum atomic E-state index is -0.352. The third kappa shape index (κ3) is 4.25. The molecule has 0 radical (unpaired) electrons. The summed E-state index contributed by atoms with van der Waals surface area (Å²) in [5, 5.41) is 0.468. The van der Waals surface area contributed by atoms with Crippen LogP contribution in [0.4, 0.5) is 0 Å². The van der Waals surface area contributed by atoms with Gasteiger partial charge in [-0.1, -0.05) is 43.3 Å². The zero-order valence-corrected chi connectivity index (χ0v) is 11.0. The Morgan fingerprint density at radius 3 is 2.25 bits per heavy atom. The summed E-state index contributed by atoms with van der Waals surface area (Å²) in [5.74, 6) is -0.352. The zero-order valence-electron chi connectivity index (χ0n) is 9.44. The molecular weight excluding hydrogens is 245 g/mol. The Bertz CT molecular complexity index is 392. The van der Waals surface area contributed by atoms with Crippen LogP contribution < -0.4 is 5.73 Å². The lowest BCUT2D eigenvalue weighted by atomic mass is 10.1. The highest BCUT2D eigenvalue weighted by Gasteiger charge is 2.12. The van der Waals surface area contributed by atoms with Crippen LogP contribution in [0.3, 0.4) is 0 Å². The van der Waals surface area contributed by atoms with Gasteiger partial charge in [-0.15, -0.1) is 0 Å². The van der Waals surface area contributed by atoms with Gasteiger partial charge in [0.15, 0.2) is 0 Å². The van der Waals surface area contributed by atoms with E-state index in [4.69, 9.17) is 28.9 Å². The molecule has 2 N–H and O–H groups in total. The standard InChI is InChI=1S/C12H15Cl2NO/c1-5-8(4)12(16)11(15)10(14)6-9(13)7(2)3/h6H,2,4-5,15H2,1,3H3/b9-6+,11-10+.